The van der Waals surface area contributed by atoms with Crippen molar-refractivity contribution in [1.29, 1.82) is 0 Å². The first-order valence-electron chi connectivity index (χ1n) is 27.3. The van der Waals surface area contributed by atoms with E-state index in [0.717, 1.165) is 0 Å². The average Bonchev–Trinajstić information content (AvgIpc) is 1.40. The summed E-state index contributed by atoms with van der Waals surface area (Å²) in [6.45, 7) is -7.25. The number of aldehydes is 5. The van der Waals surface area contributed by atoms with Crippen molar-refractivity contribution in [2.45, 2.75) is 144 Å². The number of aliphatic hydroxyl groups excluding tert-OH is 23. The fraction of sp³-hybridized carbons (Fsp3) is 0.630. The van der Waals surface area contributed by atoms with Crippen LogP contribution in [-0.2, 0) is 95.9 Å². The molecule has 0 amide bonds. The number of carboxylic acids is 2. The molecule has 0 spiro atoms. The molecule has 0 unspecified atom stereocenters. The lowest BCUT2D eigenvalue weighted by Crippen LogP contribution is -2.35. The number of carbonyl (C=O) groups excluding carboxylic acids is 18. The van der Waals surface area contributed by atoms with E-state index in [1.807, 2.05) is 0 Å². The largest absolute Gasteiger partial charge is 0.479 e. The van der Waals surface area contributed by atoms with Crippen LogP contribution in [0.3, 0.4) is 0 Å². The Balaban J connectivity index is -0.000000132. The number of hydrogen-bond donors (Lipinski definition) is 25. The second kappa shape index (κ2) is 71.4. The third kappa shape index (κ3) is 72.6. The van der Waals surface area contributed by atoms with E-state index in [0.29, 0.717) is 0 Å². The van der Waals surface area contributed by atoms with Gasteiger partial charge in [-0.2, -0.15) is 0 Å². The summed E-state index contributed by atoms with van der Waals surface area (Å²) in [4.78, 5) is 203. The topological polar surface area (TPSA) is 847 Å². The maximum Gasteiger partial charge on any atom is 0.372 e. The molecule has 0 saturated carbocycles. The Morgan fingerprint density at radius 3 is 0.879 bits per heavy atom. The number of aliphatic carboxylic acids is 2. The van der Waals surface area contributed by atoms with Crippen molar-refractivity contribution in [3.05, 3.63) is 0 Å². The molecule has 0 heterocycles. The lowest BCUT2D eigenvalue weighted by Gasteiger charge is -2.13. The zero-order valence-electron chi connectivity index (χ0n) is 52.2. The quantitative estimate of drug-likeness (QED) is 0.0199. The molecule has 0 fully saturated rings. The number of rotatable bonds is 45. The molecule has 45 nitrogen and oxygen atoms in total. The van der Waals surface area contributed by atoms with Crippen molar-refractivity contribution in [3.63, 3.8) is 0 Å². The van der Waals surface area contributed by atoms with Gasteiger partial charge >= 0.3 is 11.9 Å². The highest BCUT2D eigenvalue weighted by atomic mass is 16.4. The van der Waals surface area contributed by atoms with Crippen LogP contribution >= 0.6 is 0 Å². The Labute approximate surface area is 557 Å². The van der Waals surface area contributed by atoms with E-state index in [1.54, 1.807) is 0 Å². The second-order valence-electron chi connectivity index (χ2n) is 18.5. The van der Waals surface area contributed by atoms with Crippen LogP contribution in [0.5, 0.6) is 0 Å². The molecule has 45 heteroatoms. The van der Waals surface area contributed by atoms with Gasteiger partial charge in [0, 0.05) is 70.6 Å². The van der Waals surface area contributed by atoms with Crippen LogP contribution in [0.15, 0.2) is 0 Å². The molecule has 25 N–H and O–H groups in total. The lowest BCUT2D eigenvalue weighted by molar-refractivity contribution is -0.154. The zero-order valence-corrected chi connectivity index (χ0v) is 52.2. The molecule has 0 aliphatic heterocycles. The van der Waals surface area contributed by atoms with Crippen LogP contribution in [0.2, 0.25) is 0 Å². The van der Waals surface area contributed by atoms with Crippen LogP contribution in [0.4, 0.5) is 0 Å². The SMILES string of the molecule is O=C(CO)CCC(=O)CO.O=C(CO)C[C@H](O)[C@@H](O)C(=O)O.O=C(CO)C[C@H](O)[C@H](O)CO.O=C(O)C(=O)C[C@H](O)[C@H](O)CO.O=CC(=O)CCC(=O)CO.O=CC(=O)C[C@H](O)C(=O)CO.O=CC(=O)C[C@H](O)[C@H](O)CO.O=CC(=O)[C@@H](O)CC(=O)CO.O=C[C@H](O)[C@@H](O)CC(=O)CO. The van der Waals surface area contributed by atoms with Crippen LogP contribution in [0.25, 0.3) is 0 Å². The minimum absolute atomic E-state index is 0.0217. The van der Waals surface area contributed by atoms with E-state index >= 15 is 0 Å². The predicted octanol–water partition coefficient (Wildman–Crippen LogP) is -17.0. The van der Waals surface area contributed by atoms with Gasteiger partial charge in [-0.3, -0.25) is 81.5 Å². The minimum Gasteiger partial charge on any atom is -0.479 e. The molecule has 0 radical (unpaired) electrons. The molecule has 12 atom stereocenters. The van der Waals surface area contributed by atoms with Crippen molar-refractivity contribution in [1.82, 2.24) is 0 Å². The molecule has 0 aromatic carbocycles. The number of Topliss-reactive ketones (excluding diaryl/α,β-unsaturated/α-hetero) is 13. The summed E-state index contributed by atoms with van der Waals surface area (Å²) < 4.78 is 0. The summed E-state index contributed by atoms with van der Waals surface area (Å²) in [5.74, 6) is -12.4. The Bertz CT molecular complexity index is 2410. The van der Waals surface area contributed by atoms with Crippen LogP contribution in [0, 0.1) is 0 Å². The lowest BCUT2D eigenvalue weighted by atomic mass is 10.1. The Hall–Kier alpha value is -7.92. The van der Waals surface area contributed by atoms with Crippen LogP contribution in [-0.4, -0.2) is 392 Å². The molecular weight excluding hydrogens is 1370 g/mol. The van der Waals surface area contributed by atoms with Gasteiger partial charge < -0.3 is 132 Å². The summed E-state index contributed by atoms with van der Waals surface area (Å²) >= 11 is 0. The number of aliphatic hydroxyl groups is 23. The first-order chi connectivity index (χ1) is 45.9. The van der Waals surface area contributed by atoms with Crippen molar-refractivity contribution >= 4 is 119 Å². The molecule has 0 bridgehead atoms. The van der Waals surface area contributed by atoms with Crippen molar-refractivity contribution in [3.8, 4) is 0 Å². The molecule has 0 aliphatic rings. The third-order valence-corrected chi connectivity index (χ3v) is 10.1. The van der Waals surface area contributed by atoms with E-state index in [1.165, 1.54) is 0 Å². The molecule has 0 rings (SSSR count). The van der Waals surface area contributed by atoms with Gasteiger partial charge in [0.05, 0.1) is 50.3 Å². The maximum atomic E-state index is 10.4. The minimum atomic E-state index is -1.99. The third-order valence-electron chi connectivity index (χ3n) is 10.1. The van der Waals surface area contributed by atoms with Gasteiger partial charge in [-0.05, 0) is 0 Å². The van der Waals surface area contributed by atoms with Crippen molar-refractivity contribution in [2.24, 2.45) is 0 Å². The summed E-state index contributed by atoms with van der Waals surface area (Å²) in [6.07, 6.45) is -21.4. The van der Waals surface area contributed by atoms with Crippen molar-refractivity contribution in [2.75, 3.05) is 72.7 Å². The zero-order chi connectivity index (χ0) is 79.7. The highest BCUT2D eigenvalue weighted by molar-refractivity contribution is 6.32. The Kier molecular flexibility index (Phi) is 79.1. The Morgan fingerprint density at radius 2 is 0.586 bits per heavy atom. The van der Waals surface area contributed by atoms with E-state index < -0.39 is 260 Å². The molecular formula is C54H86O45. The molecule has 0 aromatic heterocycles. The van der Waals surface area contributed by atoms with Gasteiger partial charge in [0.1, 0.15) is 89.5 Å². The second-order valence-corrected chi connectivity index (χ2v) is 18.5. The van der Waals surface area contributed by atoms with Crippen molar-refractivity contribution < 1.29 is 224 Å². The average molecular weight is 1460 g/mol. The van der Waals surface area contributed by atoms with Gasteiger partial charge in [0.2, 0.25) is 11.6 Å². The van der Waals surface area contributed by atoms with E-state index in [2.05, 4.69) is 0 Å². The standard InChI is InChI=1S/2C6H10O6.C6H12O5.2C6H10O5.2C6H8O5.C6H10O4.C6H8O4/c7-2-5(10)3(8)1-4(9)6(11)12;7-2-3(8)1-4(9)5(10)6(11)12;5*7-2-4(9)1-5(10)6(11)3-8;2*7-3-5(9)1-2-6(10)4-8/h3,5,7-8,10H,1-2H2,(H,11,12);4-5,7,9-10H,1-2H2,(H,11,12);5-8,10-11H,1-3H2;3,5-7,10-11H,1-2H2;2,5-6,8,10-11H,1,3H2;3,5,7,10H,1-2H2;2,5,8,10H,1,3H2;7-8H,1-4H2;3,8H,1-2,4H2/t3-,5+;4-,5+;5-,6+;5-,6-;5-,6+;2*5-;;/m0000000../s1. The van der Waals surface area contributed by atoms with Gasteiger partial charge in [-0.1, -0.05) is 0 Å². The summed E-state index contributed by atoms with van der Waals surface area (Å²) in [6, 6.07) is 0. The number of ketones is 13. The first kappa shape index (κ1) is 110. The van der Waals surface area contributed by atoms with Crippen LogP contribution in [0.1, 0.15) is 70.6 Å². The fourth-order valence-electron chi connectivity index (χ4n) is 4.44. The van der Waals surface area contributed by atoms with Gasteiger partial charge in [-0.15, -0.1) is 0 Å². The summed E-state index contributed by atoms with van der Waals surface area (Å²) in [5.41, 5.74) is 0. The van der Waals surface area contributed by atoms with E-state index in [9.17, 15) is 95.9 Å². The van der Waals surface area contributed by atoms with Gasteiger partial charge in [0.25, 0.3) is 0 Å². The normalized spacial score (nSPS) is 13.5. The summed E-state index contributed by atoms with van der Waals surface area (Å²) in [7, 11) is 0. The fourth-order valence-corrected chi connectivity index (χ4v) is 4.44. The number of carboxylic acid groups (broad SMARTS) is 2. The van der Waals surface area contributed by atoms with E-state index in [4.69, 9.17) is 128 Å². The molecule has 99 heavy (non-hydrogen) atoms. The van der Waals surface area contributed by atoms with Gasteiger partial charge in [0.15, 0.2) is 101 Å². The molecule has 0 aliphatic carbocycles. The highest BCUT2D eigenvalue weighted by Crippen LogP contribution is 2.03. The number of hydrogen-bond acceptors (Lipinski definition) is 43. The van der Waals surface area contributed by atoms with E-state index in [-0.39, 0.29) is 75.1 Å². The Morgan fingerprint density at radius 1 is 0.283 bits per heavy atom. The van der Waals surface area contributed by atoms with Crippen LogP contribution < -0.4 is 0 Å². The number of carbonyl (C=O) groups is 20. The molecule has 572 valence electrons. The first-order valence-corrected chi connectivity index (χ1v) is 27.3. The predicted molar refractivity (Wildman–Crippen MR) is 311 cm³/mol. The van der Waals surface area contributed by atoms with Gasteiger partial charge in [-0.25, -0.2) is 9.59 Å². The smallest absolute Gasteiger partial charge is 0.372 e. The maximum absolute atomic E-state index is 10.4. The molecule has 0 saturated heterocycles. The summed E-state index contributed by atoms with van der Waals surface area (Å²) in [5, 5.41) is 212. The molecule has 0 aromatic rings. The highest BCUT2D eigenvalue weighted by Gasteiger charge is 2.26. The monoisotopic (exact) mass is 1450 g/mol.